The summed E-state index contributed by atoms with van der Waals surface area (Å²) in [6, 6.07) is 8.70. The molecule has 6 heteroatoms. The average molecular weight is 483 g/mol. The minimum Gasteiger partial charge on any atom is -0.496 e. The smallest absolute Gasteiger partial charge is 0.126 e. The van der Waals surface area contributed by atoms with Gasteiger partial charge < -0.3 is 10.5 Å². The third-order valence-corrected chi connectivity index (χ3v) is 7.46. The van der Waals surface area contributed by atoms with Gasteiger partial charge >= 0.3 is 0 Å². The van der Waals surface area contributed by atoms with Gasteiger partial charge in [0.15, 0.2) is 0 Å². The van der Waals surface area contributed by atoms with Crippen molar-refractivity contribution in [2.45, 2.75) is 52.0 Å². The van der Waals surface area contributed by atoms with E-state index in [-0.39, 0.29) is 11.7 Å². The van der Waals surface area contributed by atoms with Gasteiger partial charge in [-0.25, -0.2) is 9.37 Å². The Kier molecular flexibility index (Phi) is 7.09. The minimum absolute atomic E-state index is 0.0298. The summed E-state index contributed by atoms with van der Waals surface area (Å²) < 4.78 is 19.5. The fraction of sp³-hybridized carbons (Fsp3) is 0.370. The van der Waals surface area contributed by atoms with E-state index in [0.717, 1.165) is 44.4 Å². The topological polar surface area (TPSA) is 48.1 Å². The van der Waals surface area contributed by atoms with Gasteiger partial charge in [0.1, 0.15) is 22.6 Å². The first-order valence-corrected chi connectivity index (χ1v) is 12.3. The summed E-state index contributed by atoms with van der Waals surface area (Å²) in [5, 5.41) is 1.34. The molecule has 1 fully saturated rings. The second-order valence-electron chi connectivity index (χ2n) is 8.77. The first-order chi connectivity index (χ1) is 15.8. The Labute approximate surface area is 204 Å². The highest BCUT2D eigenvalue weighted by molar-refractivity contribution is 7.12. The molecule has 33 heavy (non-hydrogen) atoms. The maximum absolute atomic E-state index is 14.2. The van der Waals surface area contributed by atoms with E-state index in [9.17, 15) is 4.39 Å². The molecule has 1 aromatic heterocycles. The second-order valence-corrected chi connectivity index (χ2v) is 10.4. The fourth-order valence-corrected chi connectivity index (χ4v) is 5.04. The highest BCUT2D eigenvalue weighted by Crippen LogP contribution is 2.39. The van der Waals surface area contributed by atoms with Crippen LogP contribution in [0.4, 0.5) is 4.39 Å². The van der Waals surface area contributed by atoms with Crippen molar-refractivity contribution in [1.82, 2.24) is 4.98 Å². The van der Waals surface area contributed by atoms with Crippen LogP contribution in [-0.4, -0.2) is 12.1 Å². The first-order valence-electron chi connectivity index (χ1n) is 11.1. The van der Waals surface area contributed by atoms with E-state index in [1.54, 1.807) is 20.1 Å². The van der Waals surface area contributed by atoms with Crippen LogP contribution in [0.5, 0.6) is 5.75 Å². The van der Waals surface area contributed by atoms with Crippen LogP contribution in [0, 0.1) is 44.3 Å². The molecule has 3 aromatic rings. The number of ether oxygens (including phenoxy) is 1. The number of nitrogens with zero attached hydrogens (tertiary/aromatic N) is 1. The molecular formula is C27H28ClFN2OS. The monoisotopic (exact) mass is 482 g/mol. The molecule has 0 spiro atoms. The van der Waals surface area contributed by atoms with E-state index in [1.165, 1.54) is 24.2 Å². The molecule has 0 radical (unpaired) electrons. The Bertz CT molecular complexity index is 1240. The molecule has 0 saturated heterocycles. The van der Waals surface area contributed by atoms with E-state index in [1.807, 2.05) is 38.1 Å². The zero-order chi connectivity index (χ0) is 23.7. The van der Waals surface area contributed by atoms with Gasteiger partial charge in [0.25, 0.3) is 0 Å². The number of nitrogens with two attached hydrogens (primary N) is 1. The van der Waals surface area contributed by atoms with Crippen molar-refractivity contribution >= 4 is 22.9 Å². The summed E-state index contributed by atoms with van der Waals surface area (Å²) in [5.74, 6) is 7.73. The number of thiazole rings is 1. The quantitative estimate of drug-likeness (QED) is 0.380. The van der Waals surface area contributed by atoms with Gasteiger partial charge in [0.2, 0.25) is 0 Å². The third kappa shape index (κ3) is 5.41. The molecule has 1 saturated carbocycles. The number of rotatable bonds is 6. The zero-order valence-electron chi connectivity index (χ0n) is 19.3. The summed E-state index contributed by atoms with van der Waals surface area (Å²) in [6.07, 6.45) is 3.37. The van der Waals surface area contributed by atoms with E-state index >= 15 is 0 Å². The molecule has 1 aliphatic carbocycles. The predicted molar refractivity (Wildman–Crippen MR) is 135 cm³/mol. The fourth-order valence-electron chi connectivity index (χ4n) is 3.91. The minimum atomic E-state index is -0.516. The van der Waals surface area contributed by atoms with E-state index in [2.05, 4.69) is 11.8 Å². The number of hydrogen-bond acceptors (Lipinski definition) is 4. The zero-order valence-corrected chi connectivity index (χ0v) is 20.9. The molecule has 0 aliphatic heterocycles. The van der Waals surface area contributed by atoms with Crippen molar-refractivity contribution in [3.8, 4) is 28.8 Å². The van der Waals surface area contributed by atoms with Gasteiger partial charge in [0, 0.05) is 16.4 Å². The molecule has 0 bridgehead atoms. The average Bonchev–Trinajstić information content (AvgIpc) is 3.53. The number of halogens is 2. The van der Waals surface area contributed by atoms with Crippen LogP contribution in [0.2, 0.25) is 5.02 Å². The van der Waals surface area contributed by atoms with Crippen molar-refractivity contribution in [3.05, 3.63) is 67.7 Å². The summed E-state index contributed by atoms with van der Waals surface area (Å²) in [6.45, 7) is 5.76. The lowest BCUT2D eigenvalue weighted by Gasteiger charge is -2.12. The predicted octanol–water partition coefficient (Wildman–Crippen LogP) is 7.12. The lowest BCUT2D eigenvalue weighted by molar-refractivity contribution is 0.412. The number of hydrogen-bond donors (Lipinski definition) is 1. The molecule has 1 heterocycles. The summed E-state index contributed by atoms with van der Waals surface area (Å²) in [4.78, 5) is 5.82. The Morgan fingerprint density at radius 3 is 2.61 bits per heavy atom. The van der Waals surface area contributed by atoms with Crippen molar-refractivity contribution in [1.29, 1.82) is 0 Å². The van der Waals surface area contributed by atoms with Crippen molar-refractivity contribution in [3.63, 3.8) is 0 Å². The number of aromatic nitrogens is 1. The molecule has 172 valence electrons. The summed E-state index contributed by atoms with van der Waals surface area (Å²) in [7, 11) is 1.63. The Balaban J connectivity index is 1.61. The maximum Gasteiger partial charge on any atom is 0.126 e. The highest BCUT2D eigenvalue weighted by Gasteiger charge is 2.26. The van der Waals surface area contributed by atoms with Crippen LogP contribution in [0.3, 0.4) is 0 Å². The molecule has 2 aromatic carbocycles. The van der Waals surface area contributed by atoms with Crippen LogP contribution in [0.1, 0.15) is 57.8 Å². The van der Waals surface area contributed by atoms with Gasteiger partial charge in [-0.2, -0.15) is 0 Å². The molecule has 4 rings (SSSR count). The van der Waals surface area contributed by atoms with Crippen LogP contribution in [0.25, 0.3) is 11.3 Å². The summed E-state index contributed by atoms with van der Waals surface area (Å²) in [5.41, 5.74) is 10.7. The van der Waals surface area contributed by atoms with E-state index < -0.39 is 6.04 Å². The van der Waals surface area contributed by atoms with E-state index in [0.29, 0.717) is 16.5 Å². The first kappa shape index (κ1) is 23.8. The maximum atomic E-state index is 14.2. The standard InChI is InChI=1S/C27H28ClFN2OS/c1-15-5-8-20(13-23(15)29)19(12-18-6-7-18)9-10-24(30)27-31-26(17(3)33-27)21-11-16(2)25(32-4)14-22(21)28/h5,8,11,13-14,18-19,24H,6-7,12,30H2,1-4H3. The van der Waals surface area contributed by atoms with Crippen molar-refractivity contribution in [2.75, 3.05) is 7.11 Å². The largest absolute Gasteiger partial charge is 0.496 e. The lowest BCUT2D eigenvalue weighted by Crippen LogP contribution is -2.08. The summed E-state index contributed by atoms with van der Waals surface area (Å²) >= 11 is 8.05. The van der Waals surface area contributed by atoms with Gasteiger partial charge in [-0.3, -0.25) is 0 Å². The number of benzene rings is 2. The molecule has 1 aliphatic rings. The molecule has 3 nitrogen and oxygen atoms in total. The van der Waals surface area contributed by atoms with E-state index in [4.69, 9.17) is 27.1 Å². The molecule has 2 unspecified atom stereocenters. The SMILES string of the molecule is COc1cc(Cl)c(-c2nc(C(N)C#CC(CC3CC3)c3ccc(C)c(F)c3)sc2C)cc1C. The van der Waals surface area contributed by atoms with Crippen LogP contribution >= 0.6 is 22.9 Å². The van der Waals surface area contributed by atoms with Crippen molar-refractivity contribution < 1.29 is 9.13 Å². The Morgan fingerprint density at radius 1 is 1.18 bits per heavy atom. The molecular weight excluding hydrogens is 455 g/mol. The lowest BCUT2D eigenvalue weighted by atomic mass is 9.93. The normalized spacial score (nSPS) is 15.0. The van der Waals surface area contributed by atoms with Crippen LogP contribution in [0.15, 0.2) is 30.3 Å². The molecule has 0 amide bonds. The molecule has 2 N–H and O–H groups in total. The number of aryl methyl sites for hydroxylation is 3. The second kappa shape index (κ2) is 9.85. The van der Waals surface area contributed by atoms with Gasteiger partial charge in [-0.1, -0.05) is 48.4 Å². The van der Waals surface area contributed by atoms with Gasteiger partial charge in [0.05, 0.1) is 17.8 Å². The van der Waals surface area contributed by atoms with Crippen LogP contribution < -0.4 is 10.5 Å². The Morgan fingerprint density at radius 2 is 1.94 bits per heavy atom. The Hall–Kier alpha value is -2.39. The van der Waals surface area contributed by atoms with Gasteiger partial charge in [-0.15, -0.1) is 11.3 Å². The van der Waals surface area contributed by atoms with Crippen LogP contribution in [-0.2, 0) is 0 Å². The van der Waals surface area contributed by atoms with Crippen molar-refractivity contribution in [2.24, 2.45) is 11.7 Å². The number of methoxy groups -OCH3 is 1. The molecule has 2 atom stereocenters. The third-order valence-electron chi connectivity index (χ3n) is 6.10. The highest BCUT2D eigenvalue weighted by atomic mass is 35.5. The van der Waals surface area contributed by atoms with Gasteiger partial charge in [-0.05, 0) is 68.0 Å².